The summed E-state index contributed by atoms with van der Waals surface area (Å²) >= 11 is 0. The van der Waals surface area contributed by atoms with Crippen molar-refractivity contribution in [3.8, 4) is 0 Å². The Kier molecular flexibility index (Phi) is 6.89. The van der Waals surface area contributed by atoms with E-state index in [-0.39, 0.29) is 49.7 Å². The summed E-state index contributed by atoms with van der Waals surface area (Å²) in [5.74, 6) is -0.884. The Balaban J connectivity index is 2.03. The molecule has 32 heavy (non-hydrogen) atoms. The van der Waals surface area contributed by atoms with Crippen LogP contribution in [-0.4, -0.2) is 39.5 Å². The van der Waals surface area contributed by atoms with Crippen molar-refractivity contribution in [1.29, 1.82) is 0 Å². The predicted octanol–water partition coefficient (Wildman–Crippen LogP) is 2.20. The molecule has 1 N–H and O–H groups in total. The number of aliphatic hydroxyl groups is 1. The van der Waals surface area contributed by atoms with Gasteiger partial charge < -0.3 is 9.84 Å². The average Bonchev–Trinajstić information content (AvgIpc) is 2.76. The molecule has 0 saturated heterocycles. The molecule has 1 aromatic heterocycles. The Bertz CT molecular complexity index is 1130. The second-order valence-corrected chi connectivity index (χ2v) is 7.40. The summed E-state index contributed by atoms with van der Waals surface area (Å²) in [6, 6.07) is 9.30. The SMILES string of the molecule is C=Cc1c#cc(CC2Cc3c(n(C)c(=O)n(CCCO)c3=O)N=C2OCC(F)(F)F)cc1. The Labute approximate surface area is 182 Å². The Morgan fingerprint density at radius 2 is 2.09 bits per heavy atom. The maximum atomic E-state index is 13.0. The molecule has 7 nitrogen and oxygen atoms in total. The summed E-state index contributed by atoms with van der Waals surface area (Å²) in [4.78, 5) is 29.7. The topological polar surface area (TPSA) is 85.8 Å². The lowest BCUT2D eigenvalue weighted by Crippen LogP contribution is -2.43. The van der Waals surface area contributed by atoms with Gasteiger partial charge >= 0.3 is 11.9 Å². The van der Waals surface area contributed by atoms with Crippen molar-refractivity contribution in [2.75, 3.05) is 13.2 Å². The molecule has 0 amide bonds. The molecule has 0 bridgehead atoms. The van der Waals surface area contributed by atoms with E-state index in [0.717, 1.165) is 9.13 Å². The number of hydrogen-bond donors (Lipinski definition) is 1. The highest BCUT2D eigenvalue weighted by molar-refractivity contribution is 5.84. The zero-order chi connectivity index (χ0) is 23.5. The van der Waals surface area contributed by atoms with E-state index in [1.165, 1.54) is 7.05 Å². The molecule has 170 valence electrons. The number of nitrogens with zero attached hydrogens (tertiary/aromatic N) is 3. The van der Waals surface area contributed by atoms with Crippen molar-refractivity contribution in [3.05, 3.63) is 68.4 Å². The third kappa shape index (κ3) is 5.11. The number of hydrogen-bond acceptors (Lipinski definition) is 5. The molecule has 1 atom stereocenters. The van der Waals surface area contributed by atoms with Gasteiger partial charge in [-0.3, -0.25) is 13.9 Å². The number of alkyl halides is 3. The summed E-state index contributed by atoms with van der Waals surface area (Å²) in [6.07, 6.45) is -2.52. The van der Waals surface area contributed by atoms with Gasteiger partial charge in [0.2, 0.25) is 0 Å². The summed E-state index contributed by atoms with van der Waals surface area (Å²) in [6.45, 7) is 1.92. The van der Waals surface area contributed by atoms with Crippen molar-refractivity contribution in [2.24, 2.45) is 18.0 Å². The van der Waals surface area contributed by atoms with Crippen LogP contribution in [0.25, 0.3) is 6.08 Å². The summed E-state index contributed by atoms with van der Waals surface area (Å²) in [5, 5.41) is 9.05. The van der Waals surface area contributed by atoms with Crippen molar-refractivity contribution in [1.82, 2.24) is 9.13 Å². The fourth-order valence-corrected chi connectivity index (χ4v) is 3.49. The normalized spacial score (nSPS) is 15.5. The van der Waals surface area contributed by atoms with Crippen LogP contribution in [0.1, 0.15) is 23.1 Å². The van der Waals surface area contributed by atoms with Crippen molar-refractivity contribution in [2.45, 2.75) is 32.0 Å². The standard InChI is InChI=1S/C22H22F3N3O4/c1-3-14-5-7-15(8-6-14)11-16-12-17-18(26-19(16)32-13-22(23,24)25)27(2)21(31)28(20(17)30)9-4-10-29/h3,5,7,16,29H,1,4,9-13H2,2H3. The molecule has 10 heteroatoms. The number of rotatable bonds is 7. The fraction of sp³-hybridized carbons (Fsp3) is 0.409. The third-order valence-corrected chi connectivity index (χ3v) is 5.07. The van der Waals surface area contributed by atoms with Gasteiger partial charge in [0.15, 0.2) is 12.5 Å². The van der Waals surface area contributed by atoms with Crippen LogP contribution in [0.4, 0.5) is 19.0 Å². The number of aromatic nitrogens is 2. The van der Waals surface area contributed by atoms with Crippen LogP contribution >= 0.6 is 0 Å². The van der Waals surface area contributed by atoms with E-state index in [1.807, 2.05) is 0 Å². The van der Waals surface area contributed by atoms with Crippen LogP contribution in [0.3, 0.4) is 0 Å². The predicted molar refractivity (Wildman–Crippen MR) is 112 cm³/mol. The molecule has 1 unspecified atom stereocenters. The highest BCUT2D eigenvalue weighted by Gasteiger charge is 2.34. The van der Waals surface area contributed by atoms with Gasteiger partial charge in [0, 0.05) is 37.2 Å². The smallest absolute Gasteiger partial charge is 0.422 e. The molecular formula is C22H22F3N3O4. The molecule has 0 radical (unpaired) electrons. The minimum Gasteiger partial charge on any atom is -0.471 e. The maximum Gasteiger partial charge on any atom is 0.422 e. The second kappa shape index (κ2) is 9.44. The van der Waals surface area contributed by atoms with Gasteiger partial charge in [-0.05, 0) is 31.4 Å². The second-order valence-electron chi connectivity index (χ2n) is 7.40. The minimum atomic E-state index is -4.57. The number of aliphatic imine (C=N–C) groups is 1. The van der Waals surface area contributed by atoms with E-state index in [0.29, 0.717) is 11.1 Å². The largest absolute Gasteiger partial charge is 0.471 e. The van der Waals surface area contributed by atoms with Crippen LogP contribution in [0.2, 0.25) is 0 Å². The molecule has 3 rings (SSSR count). The first-order valence-corrected chi connectivity index (χ1v) is 9.91. The summed E-state index contributed by atoms with van der Waals surface area (Å²) < 4.78 is 45.5. The van der Waals surface area contributed by atoms with Gasteiger partial charge in [-0.25, -0.2) is 4.79 Å². The Morgan fingerprint density at radius 3 is 2.69 bits per heavy atom. The Morgan fingerprint density at radius 1 is 1.34 bits per heavy atom. The fourth-order valence-electron chi connectivity index (χ4n) is 3.49. The van der Waals surface area contributed by atoms with Crippen LogP contribution in [0.15, 0.2) is 33.3 Å². The molecule has 2 aromatic rings. The number of ether oxygens (including phenoxy) is 1. The van der Waals surface area contributed by atoms with Crippen molar-refractivity contribution in [3.63, 3.8) is 0 Å². The summed E-state index contributed by atoms with van der Waals surface area (Å²) in [5.41, 5.74) is 0.339. The average molecular weight is 449 g/mol. The number of halogens is 3. The van der Waals surface area contributed by atoms with Gasteiger partial charge in [0.1, 0.15) is 5.82 Å². The molecule has 0 aliphatic carbocycles. The van der Waals surface area contributed by atoms with Gasteiger partial charge in [0.05, 0.1) is 5.56 Å². The minimum absolute atomic E-state index is 0.0207. The Hall–Kier alpha value is -3.32. The molecule has 0 saturated carbocycles. The molecule has 1 aliphatic rings. The van der Waals surface area contributed by atoms with E-state index >= 15 is 0 Å². The zero-order valence-electron chi connectivity index (χ0n) is 17.4. The molecule has 0 fully saturated rings. The molecule has 2 heterocycles. The van der Waals surface area contributed by atoms with Gasteiger partial charge in [0.25, 0.3) is 5.56 Å². The van der Waals surface area contributed by atoms with Crippen molar-refractivity contribution < 1.29 is 23.0 Å². The molecule has 0 spiro atoms. The quantitative estimate of drug-likeness (QED) is 0.702. The number of aliphatic hydroxyl groups excluding tert-OH is 1. The van der Waals surface area contributed by atoms with Crippen LogP contribution in [0, 0.1) is 18.1 Å². The van der Waals surface area contributed by atoms with E-state index < -0.39 is 30.0 Å². The first kappa shape index (κ1) is 23.3. The van der Waals surface area contributed by atoms with Crippen LogP contribution in [-0.2, 0) is 31.2 Å². The lowest BCUT2D eigenvalue weighted by Gasteiger charge is -2.26. The van der Waals surface area contributed by atoms with Gasteiger partial charge in [-0.1, -0.05) is 24.8 Å². The molecule has 1 aliphatic heterocycles. The first-order chi connectivity index (χ1) is 15.1. The van der Waals surface area contributed by atoms with E-state index in [1.54, 1.807) is 18.2 Å². The molecular weight excluding hydrogens is 427 g/mol. The summed E-state index contributed by atoms with van der Waals surface area (Å²) in [7, 11) is 1.39. The monoisotopic (exact) mass is 449 g/mol. The van der Waals surface area contributed by atoms with Crippen molar-refractivity contribution >= 4 is 17.8 Å². The van der Waals surface area contributed by atoms with E-state index in [2.05, 4.69) is 23.7 Å². The van der Waals surface area contributed by atoms with E-state index in [9.17, 15) is 22.8 Å². The van der Waals surface area contributed by atoms with Gasteiger partial charge in [-0.2, -0.15) is 18.2 Å². The first-order valence-electron chi connectivity index (χ1n) is 9.91. The highest BCUT2D eigenvalue weighted by atomic mass is 19.4. The third-order valence-electron chi connectivity index (χ3n) is 5.07. The van der Waals surface area contributed by atoms with Crippen LogP contribution in [0.5, 0.6) is 0 Å². The maximum absolute atomic E-state index is 13.0. The van der Waals surface area contributed by atoms with Crippen LogP contribution < -0.4 is 11.2 Å². The number of fused-ring (bicyclic) bond motifs is 1. The van der Waals surface area contributed by atoms with E-state index in [4.69, 9.17) is 9.84 Å². The molecule has 1 aromatic carbocycles. The van der Waals surface area contributed by atoms with Gasteiger partial charge in [-0.15, -0.1) is 0 Å². The zero-order valence-corrected chi connectivity index (χ0v) is 17.4. The lowest BCUT2D eigenvalue weighted by molar-refractivity contribution is -0.157. The lowest BCUT2D eigenvalue weighted by atomic mass is 9.91. The highest BCUT2D eigenvalue weighted by Crippen LogP contribution is 2.28.